The highest BCUT2D eigenvalue weighted by molar-refractivity contribution is 8.00. The molecule has 2 aliphatic rings. The van der Waals surface area contributed by atoms with Gasteiger partial charge in [-0.05, 0) is 37.8 Å². The number of carboxylic acid groups (broad SMARTS) is 1. The van der Waals surface area contributed by atoms with Crippen LogP contribution >= 0.6 is 11.8 Å². The maximum atomic E-state index is 12.4. The normalized spacial score (nSPS) is 21.3. The number of unbranched alkanes of at least 4 members (excludes halogenated alkanes) is 2. The zero-order valence-electron chi connectivity index (χ0n) is 19.6. The number of benzene rings is 1. The van der Waals surface area contributed by atoms with E-state index >= 15 is 0 Å². The van der Waals surface area contributed by atoms with Crippen LogP contribution in [0.5, 0.6) is 0 Å². The van der Waals surface area contributed by atoms with Gasteiger partial charge in [-0.3, -0.25) is 14.4 Å². The van der Waals surface area contributed by atoms with E-state index in [0.29, 0.717) is 48.7 Å². The Labute approximate surface area is 208 Å². The van der Waals surface area contributed by atoms with Gasteiger partial charge in [-0.1, -0.05) is 12.8 Å². The predicted molar refractivity (Wildman–Crippen MR) is 132 cm³/mol. The zero-order chi connectivity index (χ0) is 25.2. The highest BCUT2D eigenvalue weighted by Crippen LogP contribution is 2.33. The van der Waals surface area contributed by atoms with Crippen LogP contribution < -0.4 is 16.0 Å². The van der Waals surface area contributed by atoms with Crippen molar-refractivity contribution < 1.29 is 24.3 Å². The summed E-state index contributed by atoms with van der Waals surface area (Å²) in [6.07, 6.45) is 4.63. The topological polar surface area (TPSA) is 153 Å². The molecule has 0 saturated carbocycles. The monoisotopic (exact) mass is 502 g/mol. The summed E-state index contributed by atoms with van der Waals surface area (Å²) >= 11 is 1.87. The van der Waals surface area contributed by atoms with Crippen LogP contribution in [0.2, 0.25) is 0 Å². The smallest absolute Gasteiger partial charge is 0.385 e. The van der Waals surface area contributed by atoms with Gasteiger partial charge in [-0.2, -0.15) is 11.8 Å². The fourth-order valence-corrected chi connectivity index (χ4v) is 6.02. The molecule has 188 valence electrons. The van der Waals surface area contributed by atoms with Gasteiger partial charge in [-0.25, -0.2) is 4.79 Å². The number of ketones is 1. The van der Waals surface area contributed by atoms with Gasteiger partial charge in [0.15, 0.2) is 10.8 Å². The Bertz CT molecular complexity index is 964. The molecule has 2 aliphatic heterocycles. The van der Waals surface area contributed by atoms with Gasteiger partial charge in [0, 0.05) is 48.1 Å². The van der Waals surface area contributed by atoms with Crippen molar-refractivity contribution in [2.45, 2.75) is 68.7 Å². The van der Waals surface area contributed by atoms with Gasteiger partial charge >= 0.3 is 17.7 Å². The lowest BCUT2D eigenvalue weighted by molar-refractivity contribution is -0.142. The van der Waals surface area contributed by atoms with E-state index in [4.69, 9.17) is 5.39 Å². The van der Waals surface area contributed by atoms with Crippen molar-refractivity contribution in [2.75, 3.05) is 12.3 Å². The van der Waals surface area contributed by atoms with Gasteiger partial charge in [0.1, 0.15) is 0 Å². The number of carboxylic acids is 1. The van der Waals surface area contributed by atoms with Crippen LogP contribution in [0, 0.1) is 11.3 Å². The van der Waals surface area contributed by atoms with Crippen molar-refractivity contribution in [2.24, 2.45) is 5.92 Å². The van der Waals surface area contributed by atoms with Crippen LogP contribution in [0.25, 0.3) is 4.98 Å². The van der Waals surface area contributed by atoms with E-state index in [1.54, 1.807) is 0 Å². The van der Waals surface area contributed by atoms with Crippen LogP contribution in [-0.4, -0.2) is 58.4 Å². The molecule has 3 amide bonds. The first kappa shape index (κ1) is 26.5. The average Bonchev–Trinajstić information content (AvgIpc) is 3.39. The van der Waals surface area contributed by atoms with Crippen molar-refractivity contribution in [1.29, 1.82) is 5.39 Å². The summed E-state index contributed by atoms with van der Waals surface area (Å²) in [5.74, 6) is -1.15. The summed E-state index contributed by atoms with van der Waals surface area (Å²) in [5.41, 5.74) is 0.702. The van der Waals surface area contributed by atoms with Crippen LogP contribution in [0.1, 0.15) is 61.7 Å². The largest absolute Gasteiger partial charge is 0.481 e. The Hall–Kier alpha value is -3.13. The summed E-state index contributed by atoms with van der Waals surface area (Å²) in [6.45, 7) is 0.477. The number of aliphatic carboxylic acids is 1. The third-order valence-electron chi connectivity index (χ3n) is 6.47. The Morgan fingerprint density at radius 3 is 2.63 bits per heavy atom. The molecule has 3 rings (SSSR count). The number of hydrogen-bond acceptors (Lipinski definition) is 6. The molecule has 0 aromatic heterocycles. The van der Waals surface area contributed by atoms with Crippen molar-refractivity contribution in [1.82, 2.24) is 16.0 Å². The molecule has 10 nitrogen and oxygen atoms in total. The summed E-state index contributed by atoms with van der Waals surface area (Å²) in [4.78, 5) is 50.5. The molecule has 4 N–H and O–H groups in total. The van der Waals surface area contributed by atoms with Crippen LogP contribution in [0.3, 0.4) is 0 Å². The summed E-state index contributed by atoms with van der Waals surface area (Å²) < 4.78 is 0. The second-order valence-corrected chi connectivity index (χ2v) is 10.3. The minimum atomic E-state index is -1.01. The van der Waals surface area contributed by atoms with Crippen molar-refractivity contribution in [3.63, 3.8) is 0 Å². The molecule has 2 fully saturated rings. The Morgan fingerprint density at radius 2 is 1.91 bits per heavy atom. The number of rotatable bonds is 14. The number of Topliss-reactive ketones (excluding diaryl/α,β-unsaturated/α-hetero) is 1. The third kappa shape index (κ3) is 7.96. The van der Waals surface area contributed by atoms with Gasteiger partial charge in [-0.15, -0.1) is 0 Å². The van der Waals surface area contributed by atoms with Gasteiger partial charge in [0.05, 0.1) is 18.0 Å². The van der Waals surface area contributed by atoms with Gasteiger partial charge in [0.2, 0.25) is 11.3 Å². The molecule has 11 heteroatoms. The number of fused-ring (bicyclic) bond motifs is 1. The summed E-state index contributed by atoms with van der Waals surface area (Å²) in [6, 6.07) is 6.32. The SMILES string of the molecule is N#[N+]c1ccc(C(=O)CC(CCCCNC(=O)CCCCC2SC[C@@H]3NC(=O)N[C@H]23)C(=O)O)cc1. The third-order valence-corrected chi connectivity index (χ3v) is 7.98. The Kier molecular flexibility index (Phi) is 9.90. The molecule has 4 atom stereocenters. The average molecular weight is 503 g/mol. The molecular formula is C24H32N5O5S+. The lowest BCUT2D eigenvalue weighted by Gasteiger charge is -2.16. The van der Waals surface area contributed by atoms with E-state index in [1.165, 1.54) is 24.3 Å². The molecule has 2 heterocycles. The van der Waals surface area contributed by atoms with E-state index in [1.807, 2.05) is 11.8 Å². The molecule has 2 unspecified atom stereocenters. The number of nitrogens with one attached hydrogen (secondary N) is 3. The number of nitrogens with zero attached hydrogens (tertiary/aromatic N) is 2. The Balaban J connectivity index is 1.25. The number of diazo groups is 1. The van der Waals surface area contributed by atoms with E-state index < -0.39 is 11.9 Å². The Morgan fingerprint density at radius 1 is 1.14 bits per heavy atom. The minimum absolute atomic E-state index is 0.0131. The number of carbonyl (C=O) groups excluding carboxylic acids is 3. The lowest BCUT2D eigenvalue weighted by atomic mass is 9.93. The number of urea groups is 1. The maximum absolute atomic E-state index is 12.4. The fourth-order valence-electron chi connectivity index (χ4n) is 4.47. The van der Waals surface area contributed by atoms with Crippen LogP contribution in [0.15, 0.2) is 24.3 Å². The molecule has 0 aliphatic carbocycles. The standard InChI is InChI=1S/C24H31N5O5S/c25-29-17-10-8-15(9-11-17)19(30)13-16(23(32)33)5-3-4-12-26-21(31)7-2-1-6-20-22-18(14-35-20)27-24(34)28-22/h8-11,16,18,20,22H,1-7,12-14H2,(H3-,26,27,28,31,32,33,34)/p+1/t16?,18-,20?,22-/m0/s1. The molecule has 0 spiro atoms. The van der Waals surface area contributed by atoms with Crippen molar-refractivity contribution in [3.05, 3.63) is 34.8 Å². The van der Waals surface area contributed by atoms with E-state index in [9.17, 15) is 24.3 Å². The molecule has 0 radical (unpaired) electrons. The second-order valence-electron chi connectivity index (χ2n) is 9.02. The van der Waals surface area contributed by atoms with Crippen molar-refractivity contribution >= 4 is 41.1 Å². The highest BCUT2D eigenvalue weighted by atomic mass is 32.2. The van der Waals surface area contributed by atoms with E-state index in [-0.39, 0.29) is 36.2 Å². The summed E-state index contributed by atoms with van der Waals surface area (Å²) in [5, 5.41) is 27.4. The quantitative estimate of drug-likeness (QED) is 0.131. The number of amides is 3. The summed E-state index contributed by atoms with van der Waals surface area (Å²) in [7, 11) is 0. The molecule has 35 heavy (non-hydrogen) atoms. The van der Waals surface area contributed by atoms with E-state index in [0.717, 1.165) is 25.0 Å². The van der Waals surface area contributed by atoms with Gasteiger partial charge in [0.25, 0.3) is 0 Å². The number of thioether (sulfide) groups is 1. The molecule has 1 aromatic rings. The van der Waals surface area contributed by atoms with Gasteiger partial charge < -0.3 is 21.1 Å². The first-order valence-electron chi connectivity index (χ1n) is 12.0. The van der Waals surface area contributed by atoms with Crippen LogP contribution in [0.4, 0.5) is 10.5 Å². The molecule has 2 saturated heterocycles. The second kappa shape index (κ2) is 13.1. The maximum Gasteiger partial charge on any atom is 0.385 e. The highest BCUT2D eigenvalue weighted by Gasteiger charge is 2.42. The minimum Gasteiger partial charge on any atom is -0.481 e. The molecule has 1 aromatic carbocycles. The van der Waals surface area contributed by atoms with Crippen molar-refractivity contribution in [3.8, 4) is 0 Å². The lowest BCUT2D eigenvalue weighted by Crippen LogP contribution is -2.36. The number of carbonyl (C=O) groups is 4. The van der Waals surface area contributed by atoms with E-state index in [2.05, 4.69) is 20.9 Å². The first-order valence-corrected chi connectivity index (χ1v) is 13.1. The predicted octanol–water partition coefficient (Wildman–Crippen LogP) is 3.46. The molecular weight excluding hydrogens is 470 g/mol. The zero-order valence-corrected chi connectivity index (χ0v) is 20.4. The van der Waals surface area contributed by atoms with Crippen LogP contribution in [-0.2, 0) is 9.59 Å². The number of hydrogen-bond donors (Lipinski definition) is 4. The fraction of sp³-hybridized carbons (Fsp3) is 0.583. The first-order chi connectivity index (χ1) is 16.9. The molecule has 0 bridgehead atoms.